The second-order valence-corrected chi connectivity index (χ2v) is 4.13. The molecular weight excluding hydrogens is 236 g/mol. The van der Waals surface area contributed by atoms with E-state index in [-0.39, 0.29) is 24.4 Å². The Balaban J connectivity index is 0.00000256. The second-order valence-electron chi connectivity index (χ2n) is 4.13. The summed E-state index contributed by atoms with van der Waals surface area (Å²) in [5, 5.41) is 2.90. The maximum absolute atomic E-state index is 11.9. The van der Waals surface area contributed by atoms with Crippen LogP contribution in [0, 0.1) is 0 Å². The van der Waals surface area contributed by atoms with Crippen LogP contribution in [0.5, 0.6) is 0 Å². The van der Waals surface area contributed by atoms with Gasteiger partial charge in [-0.05, 0) is 26.5 Å². The van der Waals surface area contributed by atoms with Crippen LogP contribution in [0.1, 0.15) is 19.4 Å². The minimum atomic E-state index is 0. The molecule has 1 aromatic carbocycles. The molecule has 17 heavy (non-hydrogen) atoms. The molecule has 0 aliphatic heterocycles. The molecule has 0 aromatic heterocycles. The van der Waals surface area contributed by atoms with Crippen LogP contribution < -0.4 is 5.32 Å². The molecule has 1 N–H and O–H groups in total. The lowest BCUT2D eigenvalue weighted by Gasteiger charge is -2.26. The van der Waals surface area contributed by atoms with Crippen LogP contribution in [0.3, 0.4) is 0 Å². The summed E-state index contributed by atoms with van der Waals surface area (Å²) in [5.74, 6) is 0.140. The van der Waals surface area contributed by atoms with Crippen LogP contribution in [-0.2, 0) is 11.3 Å². The Kier molecular flexibility index (Phi) is 7.59. The van der Waals surface area contributed by atoms with Crippen LogP contribution in [0.25, 0.3) is 0 Å². The summed E-state index contributed by atoms with van der Waals surface area (Å²) >= 11 is 0. The molecule has 0 saturated heterocycles. The first-order valence-corrected chi connectivity index (χ1v) is 5.63. The fraction of sp³-hybridized carbons (Fsp3) is 0.462. The first-order valence-electron chi connectivity index (χ1n) is 5.63. The van der Waals surface area contributed by atoms with E-state index in [2.05, 4.69) is 5.32 Å². The maximum atomic E-state index is 11.9. The average molecular weight is 257 g/mol. The number of halogens is 1. The van der Waals surface area contributed by atoms with Gasteiger partial charge < -0.3 is 10.2 Å². The Bertz CT molecular complexity index is 327. The van der Waals surface area contributed by atoms with Gasteiger partial charge in [0, 0.05) is 12.6 Å². The van der Waals surface area contributed by atoms with Crippen molar-refractivity contribution < 1.29 is 4.79 Å². The number of carbonyl (C=O) groups is 1. The maximum Gasteiger partial charge on any atom is 0.237 e. The van der Waals surface area contributed by atoms with E-state index < -0.39 is 0 Å². The Hall–Kier alpha value is -1.06. The monoisotopic (exact) mass is 256 g/mol. The highest BCUT2D eigenvalue weighted by molar-refractivity contribution is 5.85. The van der Waals surface area contributed by atoms with Crippen LogP contribution >= 0.6 is 12.4 Å². The number of nitrogens with zero attached hydrogens (tertiary/aromatic N) is 1. The predicted molar refractivity (Wildman–Crippen MR) is 73.3 cm³/mol. The summed E-state index contributed by atoms with van der Waals surface area (Å²) in [5.41, 5.74) is 1.17. The lowest BCUT2D eigenvalue weighted by molar-refractivity contribution is -0.132. The van der Waals surface area contributed by atoms with Gasteiger partial charge in [-0.15, -0.1) is 12.4 Å². The normalized spacial score (nSPS) is 9.88. The van der Waals surface area contributed by atoms with Gasteiger partial charge in [-0.3, -0.25) is 4.79 Å². The number of likely N-dealkylation sites (N-methyl/N-ethyl adjacent to an activating group) is 1. The Morgan fingerprint density at radius 2 is 1.88 bits per heavy atom. The van der Waals surface area contributed by atoms with Crippen molar-refractivity contribution in [2.24, 2.45) is 0 Å². The molecule has 1 rings (SSSR count). The van der Waals surface area contributed by atoms with Gasteiger partial charge in [-0.25, -0.2) is 0 Å². The van der Waals surface area contributed by atoms with Crippen LogP contribution in [0.2, 0.25) is 0 Å². The Morgan fingerprint density at radius 1 is 1.29 bits per heavy atom. The van der Waals surface area contributed by atoms with E-state index >= 15 is 0 Å². The summed E-state index contributed by atoms with van der Waals surface area (Å²) in [6.45, 7) is 5.15. The molecule has 0 radical (unpaired) electrons. The van der Waals surface area contributed by atoms with Gasteiger partial charge in [0.2, 0.25) is 5.91 Å². The first-order chi connectivity index (χ1) is 7.65. The number of benzene rings is 1. The zero-order chi connectivity index (χ0) is 12.0. The molecule has 4 heteroatoms. The van der Waals surface area contributed by atoms with Crippen molar-refractivity contribution in [1.29, 1.82) is 0 Å². The van der Waals surface area contributed by atoms with E-state index in [0.29, 0.717) is 13.1 Å². The quantitative estimate of drug-likeness (QED) is 0.875. The summed E-state index contributed by atoms with van der Waals surface area (Å²) in [7, 11) is 1.79. The summed E-state index contributed by atoms with van der Waals surface area (Å²) in [6.07, 6.45) is 0. The van der Waals surface area contributed by atoms with Crippen molar-refractivity contribution in [3.05, 3.63) is 35.9 Å². The number of hydrogen-bond donors (Lipinski definition) is 1. The van der Waals surface area contributed by atoms with E-state index in [9.17, 15) is 4.79 Å². The minimum absolute atomic E-state index is 0. The molecule has 0 unspecified atom stereocenters. The average Bonchev–Trinajstić information content (AvgIpc) is 2.27. The number of hydrogen-bond acceptors (Lipinski definition) is 2. The first kappa shape index (κ1) is 15.9. The number of nitrogens with one attached hydrogen (secondary N) is 1. The number of rotatable bonds is 5. The number of carbonyl (C=O) groups excluding carboxylic acids is 1. The van der Waals surface area contributed by atoms with E-state index in [0.717, 1.165) is 0 Å². The molecule has 0 aliphatic carbocycles. The van der Waals surface area contributed by atoms with Crippen molar-refractivity contribution >= 4 is 18.3 Å². The lowest BCUT2D eigenvalue weighted by Crippen LogP contribution is -2.41. The third-order valence-electron chi connectivity index (χ3n) is 2.47. The Labute approximate surface area is 110 Å². The lowest BCUT2D eigenvalue weighted by atomic mass is 10.2. The highest BCUT2D eigenvalue weighted by atomic mass is 35.5. The SMILES string of the molecule is CNCC(=O)N(Cc1ccccc1)C(C)C.Cl. The smallest absolute Gasteiger partial charge is 0.237 e. The molecule has 0 atom stereocenters. The molecular formula is C13H21ClN2O. The second kappa shape index (κ2) is 8.09. The zero-order valence-corrected chi connectivity index (χ0v) is 11.5. The van der Waals surface area contributed by atoms with Crippen molar-refractivity contribution in [3.8, 4) is 0 Å². The van der Waals surface area contributed by atoms with Gasteiger partial charge in [-0.2, -0.15) is 0 Å². The topological polar surface area (TPSA) is 32.3 Å². The molecule has 1 amide bonds. The molecule has 96 valence electrons. The van der Waals surface area contributed by atoms with E-state index in [1.807, 2.05) is 49.1 Å². The van der Waals surface area contributed by atoms with Crippen molar-refractivity contribution in [3.63, 3.8) is 0 Å². The highest BCUT2D eigenvalue weighted by Crippen LogP contribution is 2.08. The van der Waals surface area contributed by atoms with Crippen LogP contribution in [0.4, 0.5) is 0 Å². The summed E-state index contributed by atoms with van der Waals surface area (Å²) < 4.78 is 0. The molecule has 1 aromatic rings. The molecule has 0 fully saturated rings. The third kappa shape index (κ3) is 5.20. The fourth-order valence-electron chi connectivity index (χ4n) is 1.59. The van der Waals surface area contributed by atoms with Gasteiger partial charge in [-0.1, -0.05) is 30.3 Å². The van der Waals surface area contributed by atoms with Crippen molar-refractivity contribution in [2.45, 2.75) is 26.4 Å². The van der Waals surface area contributed by atoms with Crippen LogP contribution in [-0.4, -0.2) is 30.4 Å². The molecule has 0 heterocycles. The molecule has 0 aliphatic rings. The standard InChI is InChI=1S/C13H20N2O.ClH/c1-11(2)15(13(16)9-14-3)10-12-7-5-4-6-8-12;/h4-8,11,14H,9-10H2,1-3H3;1H. The van der Waals surface area contributed by atoms with E-state index in [4.69, 9.17) is 0 Å². The van der Waals surface area contributed by atoms with Gasteiger partial charge in [0.05, 0.1) is 6.54 Å². The molecule has 0 bridgehead atoms. The van der Waals surface area contributed by atoms with Gasteiger partial charge >= 0.3 is 0 Å². The fourth-order valence-corrected chi connectivity index (χ4v) is 1.59. The van der Waals surface area contributed by atoms with Gasteiger partial charge in [0.15, 0.2) is 0 Å². The number of amides is 1. The molecule has 0 saturated carbocycles. The summed E-state index contributed by atoms with van der Waals surface area (Å²) in [6, 6.07) is 10.3. The summed E-state index contributed by atoms with van der Waals surface area (Å²) in [4.78, 5) is 13.7. The third-order valence-corrected chi connectivity index (χ3v) is 2.47. The zero-order valence-electron chi connectivity index (χ0n) is 10.6. The minimum Gasteiger partial charge on any atom is -0.335 e. The van der Waals surface area contributed by atoms with Crippen molar-refractivity contribution in [2.75, 3.05) is 13.6 Å². The largest absolute Gasteiger partial charge is 0.335 e. The molecule has 3 nitrogen and oxygen atoms in total. The highest BCUT2D eigenvalue weighted by Gasteiger charge is 2.15. The molecule has 0 spiro atoms. The van der Waals surface area contributed by atoms with Gasteiger partial charge in [0.1, 0.15) is 0 Å². The van der Waals surface area contributed by atoms with Crippen molar-refractivity contribution in [1.82, 2.24) is 10.2 Å². The predicted octanol–water partition coefficient (Wildman–Crippen LogP) is 2.06. The van der Waals surface area contributed by atoms with Crippen LogP contribution in [0.15, 0.2) is 30.3 Å². The Morgan fingerprint density at radius 3 is 2.35 bits per heavy atom. The van der Waals surface area contributed by atoms with E-state index in [1.54, 1.807) is 7.05 Å². The van der Waals surface area contributed by atoms with E-state index in [1.165, 1.54) is 5.56 Å². The van der Waals surface area contributed by atoms with Gasteiger partial charge in [0.25, 0.3) is 0 Å².